The van der Waals surface area contributed by atoms with Crippen LogP contribution in [0.5, 0.6) is 5.75 Å². The summed E-state index contributed by atoms with van der Waals surface area (Å²) in [6.45, 7) is 2.34. The molecule has 0 aliphatic carbocycles. The van der Waals surface area contributed by atoms with E-state index in [2.05, 4.69) is 15.5 Å². The maximum Gasteiger partial charge on any atom is 0.233 e. The van der Waals surface area contributed by atoms with Crippen LogP contribution in [0.3, 0.4) is 0 Å². The van der Waals surface area contributed by atoms with E-state index in [0.717, 1.165) is 22.7 Å². The van der Waals surface area contributed by atoms with E-state index in [1.165, 1.54) is 11.8 Å². The first-order valence-electron chi connectivity index (χ1n) is 8.60. The Labute approximate surface area is 163 Å². The van der Waals surface area contributed by atoms with Crippen LogP contribution in [0.4, 0.5) is 0 Å². The first kappa shape index (κ1) is 19.0. The monoisotopic (exact) mass is 382 g/mol. The van der Waals surface area contributed by atoms with Crippen molar-refractivity contribution >= 4 is 17.7 Å². The largest absolute Gasteiger partial charge is 0.497 e. The molecule has 27 heavy (non-hydrogen) atoms. The molecular weight excluding hydrogens is 360 g/mol. The van der Waals surface area contributed by atoms with Gasteiger partial charge in [-0.3, -0.25) is 4.79 Å². The minimum Gasteiger partial charge on any atom is -0.497 e. The zero-order chi connectivity index (χ0) is 19.2. The number of hydrogen-bond acceptors (Lipinski definition) is 5. The fourth-order valence-corrected chi connectivity index (χ4v) is 3.38. The topological polar surface area (TPSA) is 69.0 Å². The molecule has 1 amide bonds. The molecule has 2 aromatic carbocycles. The molecule has 0 bridgehead atoms. The number of carbonyl (C=O) groups is 1. The Morgan fingerprint density at radius 3 is 2.52 bits per heavy atom. The number of methoxy groups -OCH3 is 1. The highest BCUT2D eigenvalue weighted by molar-refractivity contribution is 8.00. The quantitative estimate of drug-likeness (QED) is 0.635. The second-order valence-corrected chi connectivity index (χ2v) is 7.37. The molecule has 140 valence electrons. The molecule has 0 saturated carbocycles. The number of ether oxygens (including phenoxy) is 1. The SMILES string of the molecule is COc1ccc(CNC(=O)[C@H](C)Sc2nnc(-c3ccccc3)n2C)cc1. The molecule has 1 N–H and O–H groups in total. The summed E-state index contributed by atoms with van der Waals surface area (Å²) in [6.07, 6.45) is 0. The van der Waals surface area contributed by atoms with Crippen LogP contribution in [0.15, 0.2) is 59.8 Å². The van der Waals surface area contributed by atoms with E-state index in [4.69, 9.17) is 4.74 Å². The second-order valence-electron chi connectivity index (χ2n) is 6.06. The molecule has 0 saturated heterocycles. The molecule has 3 rings (SSSR count). The van der Waals surface area contributed by atoms with Crippen LogP contribution in [0, 0.1) is 0 Å². The van der Waals surface area contributed by atoms with E-state index in [1.807, 2.05) is 73.1 Å². The van der Waals surface area contributed by atoms with Gasteiger partial charge >= 0.3 is 0 Å². The number of rotatable bonds is 7. The standard InChI is InChI=1S/C20H22N4O2S/c1-14(19(25)21-13-15-9-11-17(26-3)12-10-15)27-20-23-22-18(24(20)2)16-7-5-4-6-8-16/h4-12,14H,13H2,1-3H3,(H,21,25)/t14-/m0/s1. The highest BCUT2D eigenvalue weighted by atomic mass is 32.2. The molecule has 0 radical (unpaired) electrons. The average Bonchev–Trinajstić information content (AvgIpc) is 3.07. The van der Waals surface area contributed by atoms with Crippen LogP contribution >= 0.6 is 11.8 Å². The number of benzene rings is 2. The Morgan fingerprint density at radius 1 is 1.15 bits per heavy atom. The van der Waals surface area contributed by atoms with Gasteiger partial charge < -0.3 is 14.6 Å². The van der Waals surface area contributed by atoms with E-state index >= 15 is 0 Å². The molecule has 1 atom stereocenters. The maximum atomic E-state index is 12.4. The van der Waals surface area contributed by atoms with Gasteiger partial charge in [0.25, 0.3) is 0 Å². The summed E-state index contributed by atoms with van der Waals surface area (Å²) < 4.78 is 7.05. The molecular formula is C20H22N4O2S. The molecule has 0 fully saturated rings. The van der Waals surface area contributed by atoms with E-state index in [-0.39, 0.29) is 11.2 Å². The van der Waals surface area contributed by atoms with Crippen LogP contribution in [0.1, 0.15) is 12.5 Å². The number of carbonyl (C=O) groups excluding carboxylic acids is 1. The summed E-state index contributed by atoms with van der Waals surface area (Å²) in [7, 11) is 3.54. The van der Waals surface area contributed by atoms with Crippen molar-refractivity contribution in [2.75, 3.05) is 7.11 Å². The van der Waals surface area contributed by atoms with Gasteiger partial charge in [0.15, 0.2) is 11.0 Å². The molecule has 0 aliphatic heterocycles. The van der Waals surface area contributed by atoms with Crippen LogP contribution in [0.2, 0.25) is 0 Å². The fraction of sp³-hybridized carbons (Fsp3) is 0.250. The van der Waals surface area contributed by atoms with Crippen LogP contribution in [0.25, 0.3) is 11.4 Å². The zero-order valence-corrected chi connectivity index (χ0v) is 16.4. The summed E-state index contributed by atoms with van der Waals surface area (Å²) in [5, 5.41) is 11.9. The van der Waals surface area contributed by atoms with Crippen LogP contribution in [-0.4, -0.2) is 33.0 Å². The van der Waals surface area contributed by atoms with Crippen molar-refractivity contribution in [1.29, 1.82) is 0 Å². The lowest BCUT2D eigenvalue weighted by atomic mass is 10.2. The molecule has 0 aliphatic rings. The lowest BCUT2D eigenvalue weighted by Gasteiger charge is -2.12. The van der Waals surface area contributed by atoms with Gasteiger partial charge in [-0.15, -0.1) is 10.2 Å². The average molecular weight is 382 g/mol. The van der Waals surface area contributed by atoms with Crippen molar-refractivity contribution in [3.8, 4) is 17.1 Å². The van der Waals surface area contributed by atoms with Crippen molar-refractivity contribution in [2.45, 2.75) is 23.9 Å². The third-order valence-corrected chi connectivity index (χ3v) is 5.28. The van der Waals surface area contributed by atoms with Crippen LogP contribution in [-0.2, 0) is 18.4 Å². The number of thioether (sulfide) groups is 1. The van der Waals surface area contributed by atoms with E-state index < -0.39 is 0 Å². The van der Waals surface area contributed by atoms with Crippen molar-refractivity contribution in [3.63, 3.8) is 0 Å². The molecule has 1 aromatic heterocycles. The van der Waals surface area contributed by atoms with E-state index in [1.54, 1.807) is 7.11 Å². The molecule has 1 heterocycles. The lowest BCUT2D eigenvalue weighted by Crippen LogP contribution is -2.30. The van der Waals surface area contributed by atoms with Gasteiger partial charge in [0.1, 0.15) is 5.75 Å². The summed E-state index contributed by atoms with van der Waals surface area (Å²) in [6, 6.07) is 17.5. The Kier molecular flexibility index (Phi) is 6.13. The number of nitrogens with zero attached hydrogens (tertiary/aromatic N) is 3. The Bertz CT molecular complexity index is 894. The normalized spacial score (nSPS) is 11.8. The van der Waals surface area contributed by atoms with Gasteiger partial charge in [-0.05, 0) is 24.6 Å². The minimum absolute atomic E-state index is 0.0416. The predicted molar refractivity (Wildman–Crippen MR) is 107 cm³/mol. The number of amides is 1. The number of nitrogens with one attached hydrogen (secondary N) is 1. The summed E-state index contributed by atoms with van der Waals surface area (Å²) in [5.74, 6) is 1.54. The lowest BCUT2D eigenvalue weighted by molar-refractivity contribution is -0.120. The van der Waals surface area contributed by atoms with Gasteiger partial charge in [0.05, 0.1) is 12.4 Å². The van der Waals surface area contributed by atoms with Crippen molar-refractivity contribution < 1.29 is 9.53 Å². The molecule has 0 unspecified atom stereocenters. The zero-order valence-electron chi connectivity index (χ0n) is 15.5. The van der Waals surface area contributed by atoms with Crippen molar-refractivity contribution in [1.82, 2.24) is 20.1 Å². The van der Waals surface area contributed by atoms with Gasteiger partial charge in [-0.25, -0.2) is 0 Å². The van der Waals surface area contributed by atoms with Gasteiger partial charge in [0.2, 0.25) is 5.91 Å². The maximum absolute atomic E-state index is 12.4. The van der Waals surface area contributed by atoms with Crippen molar-refractivity contribution in [2.24, 2.45) is 7.05 Å². The van der Waals surface area contributed by atoms with Gasteiger partial charge in [0, 0.05) is 19.2 Å². The summed E-state index contributed by atoms with van der Waals surface area (Å²) in [5.41, 5.74) is 2.02. The summed E-state index contributed by atoms with van der Waals surface area (Å²) >= 11 is 1.39. The Balaban J connectivity index is 1.59. The predicted octanol–water partition coefficient (Wildman–Crippen LogP) is 3.29. The molecule has 7 heteroatoms. The highest BCUT2D eigenvalue weighted by Gasteiger charge is 2.19. The smallest absolute Gasteiger partial charge is 0.233 e. The third-order valence-electron chi connectivity index (χ3n) is 4.14. The first-order chi connectivity index (χ1) is 13.1. The third kappa shape index (κ3) is 4.68. The van der Waals surface area contributed by atoms with E-state index in [9.17, 15) is 4.79 Å². The fourth-order valence-electron chi connectivity index (χ4n) is 2.54. The van der Waals surface area contributed by atoms with Gasteiger partial charge in [-0.1, -0.05) is 54.2 Å². The molecule has 0 spiro atoms. The Morgan fingerprint density at radius 2 is 1.85 bits per heavy atom. The first-order valence-corrected chi connectivity index (χ1v) is 9.48. The summed E-state index contributed by atoms with van der Waals surface area (Å²) in [4.78, 5) is 12.4. The van der Waals surface area contributed by atoms with Crippen LogP contribution < -0.4 is 10.1 Å². The molecule has 3 aromatic rings. The molecule has 6 nitrogen and oxygen atoms in total. The van der Waals surface area contributed by atoms with Crippen molar-refractivity contribution in [3.05, 3.63) is 60.2 Å². The number of hydrogen-bond donors (Lipinski definition) is 1. The Hall–Kier alpha value is -2.80. The number of aromatic nitrogens is 3. The second kappa shape index (κ2) is 8.73. The van der Waals surface area contributed by atoms with E-state index in [0.29, 0.717) is 11.7 Å². The minimum atomic E-state index is -0.283. The van der Waals surface area contributed by atoms with Gasteiger partial charge in [-0.2, -0.15) is 0 Å². The highest BCUT2D eigenvalue weighted by Crippen LogP contribution is 2.25.